The highest BCUT2D eigenvalue weighted by atomic mass is 16.6. The number of ether oxygens (including phenoxy) is 3. The fourth-order valence-corrected chi connectivity index (χ4v) is 1.58. The van der Waals surface area contributed by atoms with Crippen LogP contribution in [0.25, 0.3) is 0 Å². The molecule has 0 saturated heterocycles. The Morgan fingerprint density at radius 3 is 2.55 bits per heavy atom. The Labute approximate surface area is 120 Å². The average molecular weight is 281 g/mol. The lowest BCUT2D eigenvalue weighted by molar-refractivity contribution is -0.0282. The number of hydrogen-bond acceptors (Lipinski definition) is 5. The summed E-state index contributed by atoms with van der Waals surface area (Å²) in [5, 5.41) is 0. The zero-order valence-electron chi connectivity index (χ0n) is 12.6. The zero-order chi connectivity index (χ0) is 15.2. The third-order valence-electron chi connectivity index (χ3n) is 2.41. The number of carbonyl (C=O) groups excluding carboxylic acids is 1. The summed E-state index contributed by atoms with van der Waals surface area (Å²) in [4.78, 5) is 12.0. The van der Waals surface area contributed by atoms with E-state index in [4.69, 9.17) is 19.9 Å². The van der Waals surface area contributed by atoms with Gasteiger partial charge in [0.05, 0.1) is 24.5 Å². The van der Waals surface area contributed by atoms with Gasteiger partial charge in [-0.3, -0.25) is 0 Å². The van der Waals surface area contributed by atoms with Crippen LogP contribution >= 0.6 is 0 Å². The van der Waals surface area contributed by atoms with E-state index in [0.717, 1.165) is 0 Å². The Bertz CT molecular complexity index is 452. The maximum atomic E-state index is 12.0. The summed E-state index contributed by atoms with van der Waals surface area (Å²) in [7, 11) is 0. The fraction of sp³-hybridized carbons (Fsp3) is 0.533. The summed E-state index contributed by atoms with van der Waals surface area (Å²) in [6.45, 7) is 8.64. The second kappa shape index (κ2) is 7.14. The molecule has 20 heavy (non-hydrogen) atoms. The molecule has 1 rings (SSSR count). The second-order valence-electron chi connectivity index (χ2n) is 5.25. The van der Waals surface area contributed by atoms with Crippen molar-refractivity contribution < 1.29 is 19.0 Å². The highest BCUT2D eigenvalue weighted by Gasteiger charge is 2.17. The Kier molecular flexibility index (Phi) is 5.82. The predicted molar refractivity (Wildman–Crippen MR) is 78.0 cm³/mol. The normalized spacial score (nSPS) is 11.2. The molecule has 0 amide bonds. The van der Waals surface area contributed by atoms with Crippen LogP contribution in [-0.4, -0.2) is 31.4 Å². The van der Waals surface area contributed by atoms with Gasteiger partial charge in [-0.2, -0.15) is 0 Å². The molecule has 0 spiro atoms. The molecule has 0 bridgehead atoms. The number of nitrogen functional groups attached to an aromatic ring is 1. The molecule has 0 aromatic heterocycles. The van der Waals surface area contributed by atoms with Gasteiger partial charge in [-0.1, -0.05) is 6.07 Å². The number of para-hydroxylation sites is 1. The molecule has 1 aromatic rings. The molecule has 0 radical (unpaired) electrons. The predicted octanol–water partition coefficient (Wildman–Crippen LogP) is 2.64. The minimum absolute atomic E-state index is 0.191. The molecule has 0 saturated carbocycles. The second-order valence-corrected chi connectivity index (χ2v) is 5.25. The van der Waals surface area contributed by atoms with Crippen LogP contribution in [0.3, 0.4) is 0 Å². The topological polar surface area (TPSA) is 70.8 Å². The first-order chi connectivity index (χ1) is 9.35. The molecule has 1 aromatic carbocycles. The Morgan fingerprint density at radius 2 is 1.95 bits per heavy atom. The summed E-state index contributed by atoms with van der Waals surface area (Å²) in [6, 6.07) is 5.01. The Balaban J connectivity index is 2.61. The van der Waals surface area contributed by atoms with Gasteiger partial charge >= 0.3 is 5.97 Å². The van der Waals surface area contributed by atoms with Gasteiger partial charge < -0.3 is 19.9 Å². The average Bonchev–Trinajstić information content (AvgIpc) is 2.36. The van der Waals surface area contributed by atoms with Crippen molar-refractivity contribution in [1.82, 2.24) is 0 Å². The van der Waals surface area contributed by atoms with Gasteiger partial charge in [0.1, 0.15) is 12.2 Å². The lowest BCUT2D eigenvalue weighted by Gasteiger charge is -2.19. The summed E-state index contributed by atoms with van der Waals surface area (Å²) in [5.74, 6) is -0.0880. The van der Waals surface area contributed by atoms with Crippen molar-refractivity contribution in [3.05, 3.63) is 23.8 Å². The van der Waals surface area contributed by atoms with E-state index < -0.39 is 5.97 Å². The van der Waals surface area contributed by atoms with Gasteiger partial charge in [-0.05, 0) is 39.8 Å². The number of anilines is 1. The van der Waals surface area contributed by atoms with Gasteiger partial charge in [0.25, 0.3) is 0 Å². The van der Waals surface area contributed by atoms with Crippen molar-refractivity contribution in [3.63, 3.8) is 0 Å². The summed E-state index contributed by atoms with van der Waals surface area (Å²) < 4.78 is 16.0. The maximum absolute atomic E-state index is 12.0. The molecule has 5 nitrogen and oxygen atoms in total. The highest BCUT2D eigenvalue weighted by Crippen LogP contribution is 2.27. The molecule has 0 aliphatic rings. The Morgan fingerprint density at radius 1 is 1.25 bits per heavy atom. The highest BCUT2D eigenvalue weighted by molar-refractivity contribution is 5.94. The lowest BCUT2D eigenvalue weighted by atomic mass is 10.1. The third-order valence-corrected chi connectivity index (χ3v) is 2.41. The zero-order valence-corrected chi connectivity index (χ0v) is 12.6. The molecule has 0 aliphatic heterocycles. The molecule has 5 heteroatoms. The molecular weight excluding hydrogens is 258 g/mol. The summed E-state index contributed by atoms with van der Waals surface area (Å²) >= 11 is 0. The van der Waals surface area contributed by atoms with Crippen molar-refractivity contribution in [1.29, 1.82) is 0 Å². The van der Waals surface area contributed by atoms with Crippen LogP contribution in [0.2, 0.25) is 0 Å². The quantitative estimate of drug-likeness (QED) is 0.493. The Hall–Kier alpha value is -1.75. The number of esters is 1. The van der Waals surface area contributed by atoms with Gasteiger partial charge in [0.15, 0.2) is 5.75 Å². The maximum Gasteiger partial charge on any atom is 0.342 e. The van der Waals surface area contributed by atoms with Crippen LogP contribution in [0, 0.1) is 0 Å². The van der Waals surface area contributed by atoms with Crippen molar-refractivity contribution in [2.45, 2.75) is 33.3 Å². The number of hydrogen-bond donors (Lipinski definition) is 1. The third kappa shape index (κ3) is 5.09. The molecule has 0 heterocycles. The summed E-state index contributed by atoms with van der Waals surface area (Å²) in [6.07, 6.45) is 0. The van der Waals surface area contributed by atoms with E-state index in [0.29, 0.717) is 30.2 Å². The van der Waals surface area contributed by atoms with E-state index in [1.54, 1.807) is 18.2 Å². The molecule has 0 unspecified atom stereocenters. The molecular formula is C15H23NO4. The van der Waals surface area contributed by atoms with Crippen LogP contribution in [0.15, 0.2) is 18.2 Å². The van der Waals surface area contributed by atoms with Crippen LogP contribution in [0.1, 0.15) is 38.1 Å². The number of nitrogens with two attached hydrogens (primary N) is 1. The number of rotatable bonds is 6. The molecule has 0 fully saturated rings. The van der Waals surface area contributed by atoms with E-state index in [2.05, 4.69) is 0 Å². The summed E-state index contributed by atoms with van der Waals surface area (Å²) in [5.41, 5.74) is 6.31. The van der Waals surface area contributed by atoms with Gasteiger partial charge in [-0.15, -0.1) is 0 Å². The van der Waals surface area contributed by atoms with Gasteiger partial charge in [0.2, 0.25) is 0 Å². The molecule has 0 atom stereocenters. The van der Waals surface area contributed by atoms with E-state index in [1.807, 2.05) is 27.7 Å². The van der Waals surface area contributed by atoms with Crippen molar-refractivity contribution in [3.8, 4) is 5.75 Å². The molecule has 2 N–H and O–H groups in total. The first-order valence-electron chi connectivity index (χ1n) is 6.67. The van der Waals surface area contributed by atoms with E-state index in [1.165, 1.54) is 0 Å². The van der Waals surface area contributed by atoms with Crippen LogP contribution < -0.4 is 10.5 Å². The van der Waals surface area contributed by atoms with Crippen molar-refractivity contribution in [2.24, 2.45) is 0 Å². The minimum atomic E-state index is -0.460. The van der Waals surface area contributed by atoms with E-state index in [-0.39, 0.29) is 12.2 Å². The van der Waals surface area contributed by atoms with Crippen LogP contribution in [0.5, 0.6) is 5.75 Å². The largest absolute Gasteiger partial charge is 0.491 e. The lowest BCUT2D eigenvalue weighted by Crippen LogP contribution is -2.22. The standard InChI is InChI=1S/C15H23NO4/c1-5-18-13-11(7-6-8-12(13)16)14(17)19-9-10-20-15(2,3)4/h6-8H,5,9-10,16H2,1-4H3. The van der Waals surface area contributed by atoms with Gasteiger partial charge in [-0.25, -0.2) is 4.79 Å². The smallest absolute Gasteiger partial charge is 0.342 e. The van der Waals surface area contributed by atoms with Crippen molar-refractivity contribution >= 4 is 11.7 Å². The number of carbonyl (C=O) groups is 1. The molecule has 0 aliphatic carbocycles. The molecule has 112 valence electrons. The first-order valence-corrected chi connectivity index (χ1v) is 6.67. The minimum Gasteiger partial charge on any atom is -0.491 e. The SMILES string of the molecule is CCOc1c(N)cccc1C(=O)OCCOC(C)(C)C. The van der Waals surface area contributed by atoms with Crippen LogP contribution in [-0.2, 0) is 9.47 Å². The van der Waals surface area contributed by atoms with Crippen molar-refractivity contribution in [2.75, 3.05) is 25.6 Å². The van der Waals surface area contributed by atoms with E-state index >= 15 is 0 Å². The fourth-order valence-electron chi connectivity index (χ4n) is 1.58. The van der Waals surface area contributed by atoms with Gasteiger partial charge in [0, 0.05) is 0 Å². The number of benzene rings is 1. The van der Waals surface area contributed by atoms with Crippen LogP contribution in [0.4, 0.5) is 5.69 Å². The monoisotopic (exact) mass is 281 g/mol. The van der Waals surface area contributed by atoms with E-state index in [9.17, 15) is 4.79 Å². The first kappa shape index (κ1) is 16.3.